The van der Waals surface area contributed by atoms with E-state index in [0.717, 1.165) is 42.6 Å². The van der Waals surface area contributed by atoms with Crippen molar-refractivity contribution in [2.24, 2.45) is 11.8 Å². The summed E-state index contributed by atoms with van der Waals surface area (Å²) in [4.78, 5) is 29.6. The van der Waals surface area contributed by atoms with Gasteiger partial charge in [0.1, 0.15) is 0 Å². The number of carbonyl (C=O) groups excluding carboxylic acids is 2. The molecular formula is C24H31N3O2. The van der Waals surface area contributed by atoms with Gasteiger partial charge in [0.2, 0.25) is 11.8 Å². The summed E-state index contributed by atoms with van der Waals surface area (Å²) in [6.07, 6.45) is 4.71. The Morgan fingerprint density at radius 2 is 1.69 bits per heavy atom. The molecule has 1 aliphatic rings. The third-order valence-corrected chi connectivity index (χ3v) is 5.81. The average Bonchev–Trinajstić information content (AvgIpc) is 2.74. The van der Waals surface area contributed by atoms with Crippen LogP contribution in [0, 0.1) is 18.8 Å². The minimum absolute atomic E-state index is 0.0209. The number of hydrogen-bond acceptors (Lipinski definition) is 3. The van der Waals surface area contributed by atoms with Gasteiger partial charge in [-0.15, -0.1) is 0 Å². The van der Waals surface area contributed by atoms with E-state index >= 15 is 0 Å². The maximum Gasteiger partial charge on any atom is 0.227 e. The van der Waals surface area contributed by atoms with E-state index in [0.29, 0.717) is 12.5 Å². The second kappa shape index (κ2) is 9.68. The normalized spacial score (nSPS) is 19.0. The highest BCUT2D eigenvalue weighted by molar-refractivity contribution is 5.94. The summed E-state index contributed by atoms with van der Waals surface area (Å²) in [5, 5.41) is 6.15. The third-order valence-electron chi connectivity index (χ3n) is 5.81. The Morgan fingerprint density at radius 3 is 2.31 bits per heavy atom. The molecule has 1 fully saturated rings. The number of rotatable bonds is 6. The van der Waals surface area contributed by atoms with Crippen LogP contribution in [0.1, 0.15) is 62.3 Å². The Morgan fingerprint density at radius 1 is 1.00 bits per heavy atom. The van der Waals surface area contributed by atoms with Crippen molar-refractivity contribution in [2.75, 3.05) is 5.32 Å². The predicted octanol–water partition coefficient (Wildman–Crippen LogP) is 4.57. The van der Waals surface area contributed by atoms with Gasteiger partial charge in [0.25, 0.3) is 0 Å². The van der Waals surface area contributed by atoms with E-state index in [-0.39, 0.29) is 23.7 Å². The molecule has 29 heavy (non-hydrogen) atoms. The summed E-state index contributed by atoms with van der Waals surface area (Å²) in [6, 6.07) is 11.8. The van der Waals surface area contributed by atoms with E-state index in [2.05, 4.69) is 35.5 Å². The van der Waals surface area contributed by atoms with Gasteiger partial charge in [0.15, 0.2) is 0 Å². The number of anilines is 1. The number of pyridine rings is 1. The summed E-state index contributed by atoms with van der Waals surface area (Å²) in [6.45, 7) is 6.76. The molecular weight excluding hydrogens is 362 g/mol. The summed E-state index contributed by atoms with van der Waals surface area (Å²) >= 11 is 0. The van der Waals surface area contributed by atoms with E-state index in [1.807, 2.05) is 37.3 Å². The fourth-order valence-corrected chi connectivity index (χ4v) is 4.01. The van der Waals surface area contributed by atoms with Gasteiger partial charge >= 0.3 is 0 Å². The Labute approximate surface area is 173 Å². The second-order valence-corrected chi connectivity index (χ2v) is 8.27. The molecule has 0 radical (unpaired) electrons. The van der Waals surface area contributed by atoms with Crippen LogP contribution in [0.3, 0.4) is 0 Å². The fraction of sp³-hybridized carbons (Fsp3) is 0.458. The molecule has 1 heterocycles. The zero-order valence-corrected chi connectivity index (χ0v) is 17.6. The van der Waals surface area contributed by atoms with Crippen LogP contribution in [-0.4, -0.2) is 16.8 Å². The topological polar surface area (TPSA) is 71.1 Å². The zero-order valence-electron chi connectivity index (χ0n) is 17.6. The number of carbonyl (C=O) groups is 2. The van der Waals surface area contributed by atoms with Crippen molar-refractivity contribution in [1.82, 2.24) is 10.3 Å². The molecule has 0 bridgehead atoms. The molecule has 1 saturated carbocycles. The number of nitrogens with zero attached hydrogens (tertiary/aromatic N) is 1. The van der Waals surface area contributed by atoms with Gasteiger partial charge < -0.3 is 10.6 Å². The smallest absolute Gasteiger partial charge is 0.227 e. The molecule has 1 aromatic carbocycles. The monoisotopic (exact) mass is 393 g/mol. The SMILES string of the molecule is Cc1cccc(C(C)C)c1NC(=O)C1CCC(C(=O)NCc2ccccn2)CC1. The van der Waals surface area contributed by atoms with Crippen LogP contribution in [0.4, 0.5) is 5.69 Å². The Hall–Kier alpha value is -2.69. The standard InChI is InChI=1S/C24H31N3O2/c1-16(2)21-9-6-7-17(3)22(21)27-24(29)19-12-10-18(11-13-19)23(28)26-15-20-8-4-5-14-25-20/h4-9,14,16,18-19H,10-13,15H2,1-3H3,(H,26,28)(H,27,29). The lowest BCUT2D eigenvalue weighted by molar-refractivity contribution is -0.128. The lowest BCUT2D eigenvalue weighted by atomic mass is 9.81. The number of hydrogen-bond donors (Lipinski definition) is 2. The summed E-state index contributed by atoms with van der Waals surface area (Å²) in [7, 11) is 0. The first-order valence-corrected chi connectivity index (χ1v) is 10.5. The van der Waals surface area contributed by atoms with E-state index < -0.39 is 0 Å². The van der Waals surface area contributed by atoms with Gasteiger partial charge in [0.05, 0.1) is 12.2 Å². The molecule has 5 nitrogen and oxygen atoms in total. The van der Waals surface area contributed by atoms with E-state index in [1.54, 1.807) is 6.20 Å². The largest absolute Gasteiger partial charge is 0.350 e. The van der Waals surface area contributed by atoms with Crippen LogP contribution < -0.4 is 10.6 Å². The van der Waals surface area contributed by atoms with Crippen molar-refractivity contribution in [3.63, 3.8) is 0 Å². The van der Waals surface area contributed by atoms with Crippen LogP contribution in [-0.2, 0) is 16.1 Å². The molecule has 2 aromatic rings. The van der Waals surface area contributed by atoms with Crippen LogP contribution in [0.2, 0.25) is 0 Å². The van der Waals surface area contributed by atoms with Crippen molar-refractivity contribution in [3.05, 3.63) is 59.4 Å². The quantitative estimate of drug-likeness (QED) is 0.755. The highest BCUT2D eigenvalue weighted by atomic mass is 16.2. The number of benzene rings is 1. The molecule has 0 saturated heterocycles. The summed E-state index contributed by atoms with van der Waals surface area (Å²) in [5.41, 5.74) is 4.06. The fourth-order valence-electron chi connectivity index (χ4n) is 4.01. The van der Waals surface area contributed by atoms with Crippen LogP contribution in [0.15, 0.2) is 42.6 Å². The van der Waals surface area contributed by atoms with Gasteiger partial charge in [-0.25, -0.2) is 0 Å². The number of nitrogens with one attached hydrogen (secondary N) is 2. The lowest BCUT2D eigenvalue weighted by Gasteiger charge is -2.28. The molecule has 0 aliphatic heterocycles. The minimum Gasteiger partial charge on any atom is -0.350 e. The molecule has 0 atom stereocenters. The first kappa shape index (κ1) is 21.0. The lowest BCUT2D eigenvalue weighted by Crippen LogP contribution is -2.35. The van der Waals surface area contributed by atoms with Crippen molar-refractivity contribution in [2.45, 2.75) is 58.9 Å². The molecule has 3 rings (SSSR count). The molecule has 2 amide bonds. The molecule has 154 valence electrons. The average molecular weight is 394 g/mol. The molecule has 0 spiro atoms. The van der Waals surface area contributed by atoms with Gasteiger partial charge in [-0.2, -0.15) is 0 Å². The van der Waals surface area contributed by atoms with E-state index in [1.165, 1.54) is 5.56 Å². The van der Waals surface area contributed by atoms with Crippen molar-refractivity contribution < 1.29 is 9.59 Å². The first-order valence-electron chi connectivity index (χ1n) is 10.5. The van der Waals surface area contributed by atoms with Gasteiger partial charge in [0, 0.05) is 23.7 Å². The third kappa shape index (κ3) is 5.43. The molecule has 1 aliphatic carbocycles. The Balaban J connectivity index is 1.52. The maximum absolute atomic E-state index is 12.9. The van der Waals surface area contributed by atoms with Crippen molar-refractivity contribution in [3.8, 4) is 0 Å². The summed E-state index contributed by atoms with van der Waals surface area (Å²) in [5.74, 6) is 0.440. The molecule has 2 N–H and O–H groups in total. The maximum atomic E-state index is 12.9. The Kier molecular flexibility index (Phi) is 7.02. The van der Waals surface area contributed by atoms with Crippen LogP contribution >= 0.6 is 0 Å². The molecule has 0 unspecified atom stereocenters. The molecule has 5 heteroatoms. The van der Waals surface area contributed by atoms with Gasteiger partial charge in [-0.1, -0.05) is 38.1 Å². The number of amides is 2. The summed E-state index contributed by atoms with van der Waals surface area (Å²) < 4.78 is 0. The number of para-hydroxylation sites is 1. The number of aryl methyl sites for hydroxylation is 1. The van der Waals surface area contributed by atoms with Crippen LogP contribution in [0.5, 0.6) is 0 Å². The molecule has 1 aromatic heterocycles. The highest BCUT2D eigenvalue weighted by Crippen LogP contribution is 2.32. The van der Waals surface area contributed by atoms with Crippen molar-refractivity contribution >= 4 is 17.5 Å². The highest BCUT2D eigenvalue weighted by Gasteiger charge is 2.30. The number of aromatic nitrogens is 1. The minimum atomic E-state index is -0.0329. The van der Waals surface area contributed by atoms with Crippen LogP contribution in [0.25, 0.3) is 0 Å². The van der Waals surface area contributed by atoms with Crippen molar-refractivity contribution in [1.29, 1.82) is 0 Å². The van der Waals surface area contributed by atoms with E-state index in [4.69, 9.17) is 0 Å². The van der Waals surface area contributed by atoms with Gasteiger partial charge in [-0.3, -0.25) is 14.6 Å². The second-order valence-electron chi connectivity index (χ2n) is 8.27. The van der Waals surface area contributed by atoms with E-state index in [9.17, 15) is 9.59 Å². The zero-order chi connectivity index (χ0) is 20.8. The predicted molar refractivity (Wildman–Crippen MR) is 115 cm³/mol. The Bertz CT molecular complexity index is 840. The van der Waals surface area contributed by atoms with Gasteiger partial charge in [-0.05, 0) is 61.8 Å². The first-order chi connectivity index (χ1) is 14.0.